The van der Waals surface area contributed by atoms with Crippen LogP contribution in [0.2, 0.25) is 0 Å². The molecule has 10 heteroatoms. The minimum Gasteiger partial charge on any atom is -0.486 e. The molecule has 3 rings (SSSR count). The number of fused-ring (bicyclic) bond motifs is 1. The molecule has 36 heavy (non-hydrogen) atoms. The predicted octanol–water partition coefficient (Wildman–Crippen LogP) is 2.87. The second kappa shape index (κ2) is 12.1. The van der Waals surface area contributed by atoms with E-state index in [0.717, 1.165) is 21.9 Å². The Labute approximate surface area is 213 Å². The molecule has 0 bridgehead atoms. The van der Waals surface area contributed by atoms with Crippen LogP contribution in [0.25, 0.3) is 0 Å². The minimum absolute atomic E-state index is 0.174. The molecule has 0 aliphatic carbocycles. The summed E-state index contributed by atoms with van der Waals surface area (Å²) in [6, 6.07) is 11.6. The summed E-state index contributed by atoms with van der Waals surface area (Å²) in [5.41, 5.74) is 2.15. The van der Waals surface area contributed by atoms with Gasteiger partial charge in [0.2, 0.25) is 21.8 Å². The van der Waals surface area contributed by atoms with Gasteiger partial charge in [0.25, 0.3) is 0 Å². The minimum atomic E-state index is -3.82. The molecule has 1 heterocycles. The average Bonchev–Trinajstić information content (AvgIpc) is 2.88. The van der Waals surface area contributed by atoms with Crippen LogP contribution in [0.4, 0.5) is 5.69 Å². The van der Waals surface area contributed by atoms with Gasteiger partial charge in [0.15, 0.2) is 11.5 Å². The lowest BCUT2D eigenvalue weighted by molar-refractivity contribution is -0.139. The smallest absolute Gasteiger partial charge is 0.244 e. The topological polar surface area (TPSA) is 105 Å². The zero-order valence-electron chi connectivity index (χ0n) is 21.3. The highest BCUT2D eigenvalue weighted by atomic mass is 32.2. The van der Waals surface area contributed by atoms with E-state index in [1.165, 1.54) is 11.8 Å². The number of anilines is 1. The van der Waals surface area contributed by atoms with E-state index >= 15 is 0 Å². The van der Waals surface area contributed by atoms with E-state index < -0.39 is 28.5 Å². The monoisotopic (exact) mass is 517 g/mol. The van der Waals surface area contributed by atoms with E-state index in [0.29, 0.717) is 36.9 Å². The van der Waals surface area contributed by atoms with Crippen molar-refractivity contribution < 1.29 is 27.5 Å². The van der Waals surface area contributed by atoms with Crippen LogP contribution in [0, 0.1) is 6.92 Å². The van der Waals surface area contributed by atoms with Crippen molar-refractivity contribution >= 4 is 27.5 Å². The zero-order chi connectivity index (χ0) is 26.3. The van der Waals surface area contributed by atoms with Crippen molar-refractivity contribution in [1.29, 1.82) is 0 Å². The highest BCUT2D eigenvalue weighted by Crippen LogP contribution is 2.35. The number of aryl methyl sites for hydroxylation is 1. The summed E-state index contributed by atoms with van der Waals surface area (Å²) in [4.78, 5) is 28.0. The van der Waals surface area contributed by atoms with Gasteiger partial charge in [-0.15, -0.1) is 0 Å². The lowest BCUT2D eigenvalue weighted by Crippen LogP contribution is -2.51. The van der Waals surface area contributed by atoms with Crippen LogP contribution in [0.1, 0.15) is 38.3 Å². The summed E-state index contributed by atoms with van der Waals surface area (Å²) in [5.74, 6) is -0.0227. The molecule has 0 saturated heterocycles. The third-order valence-electron chi connectivity index (χ3n) is 6.11. The van der Waals surface area contributed by atoms with Crippen LogP contribution in [0.5, 0.6) is 11.5 Å². The van der Waals surface area contributed by atoms with Crippen molar-refractivity contribution in [2.75, 3.05) is 36.4 Å². The molecule has 0 spiro atoms. The van der Waals surface area contributed by atoms with Crippen molar-refractivity contribution in [2.45, 2.75) is 46.7 Å². The molecule has 196 valence electrons. The van der Waals surface area contributed by atoms with Crippen LogP contribution < -0.4 is 19.1 Å². The second-order valence-corrected chi connectivity index (χ2v) is 10.8. The molecule has 2 aromatic carbocycles. The SMILES string of the molecule is CCCNC(=O)[C@@H](C)N(Cc1ccccc1C)C(=O)CN(c1ccc2c(c1)OCCO2)S(=O)(=O)CC. The van der Waals surface area contributed by atoms with E-state index in [2.05, 4.69) is 5.32 Å². The summed E-state index contributed by atoms with van der Waals surface area (Å²) < 4.78 is 38.4. The van der Waals surface area contributed by atoms with Gasteiger partial charge in [0.1, 0.15) is 25.8 Å². The van der Waals surface area contributed by atoms with Crippen molar-refractivity contribution in [3.8, 4) is 11.5 Å². The first kappa shape index (κ1) is 27.3. The maximum atomic E-state index is 13.7. The molecule has 0 radical (unpaired) electrons. The lowest BCUT2D eigenvalue weighted by Gasteiger charge is -2.32. The number of rotatable bonds is 11. The number of carbonyl (C=O) groups is 2. The number of amides is 2. The number of nitrogens with zero attached hydrogens (tertiary/aromatic N) is 2. The van der Waals surface area contributed by atoms with E-state index in [1.54, 1.807) is 25.1 Å². The summed E-state index contributed by atoms with van der Waals surface area (Å²) >= 11 is 0. The lowest BCUT2D eigenvalue weighted by atomic mass is 10.1. The molecule has 2 aromatic rings. The van der Waals surface area contributed by atoms with Crippen molar-refractivity contribution in [3.63, 3.8) is 0 Å². The molecule has 1 N–H and O–H groups in total. The van der Waals surface area contributed by atoms with Crippen molar-refractivity contribution in [1.82, 2.24) is 10.2 Å². The number of benzene rings is 2. The van der Waals surface area contributed by atoms with Gasteiger partial charge in [0.05, 0.1) is 11.4 Å². The Morgan fingerprint density at radius 1 is 1.06 bits per heavy atom. The molecule has 2 amide bonds. The fourth-order valence-corrected chi connectivity index (χ4v) is 4.91. The summed E-state index contributed by atoms with van der Waals surface area (Å²) in [6.07, 6.45) is 0.761. The second-order valence-electron chi connectivity index (χ2n) is 8.65. The number of hydrogen-bond acceptors (Lipinski definition) is 6. The van der Waals surface area contributed by atoms with E-state index in [9.17, 15) is 18.0 Å². The molecule has 1 atom stereocenters. The Balaban J connectivity index is 1.94. The predicted molar refractivity (Wildman–Crippen MR) is 139 cm³/mol. The van der Waals surface area contributed by atoms with Crippen LogP contribution in [0.3, 0.4) is 0 Å². The molecule has 1 aliphatic heterocycles. The third-order valence-corrected chi connectivity index (χ3v) is 7.85. The number of nitrogens with one attached hydrogen (secondary N) is 1. The highest BCUT2D eigenvalue weighted by molar-refractivity contribution is 7.92. The molecule has 0 aromatic heterocycles. The van der Waals surface area contributed by atoms with Gasteiger partial charge in [-0.05, 0) is 50.5 Å². The van der Waals surface area contributed by atoms with Gasteiger partial charge in [-0.3, -0.25) is 13.9 Å². The van der Waals surface area contributed by atoms with Crippen LogP contribution in [0.15, 0.2) is 42.5 Å². The molecular weight excluding hydrogens is 482 g/mol. The number of sulfonamides is 1. The zero-order valence-corrected chi connectivity index (χ0v) is 22.1. The maximum Gasteiger partial charge on any atom is 0.244 e. The van der Waals surface area contributed by atoms with Gasteiger partial charge >= 0.3 is 0 Å². The van der Waals surface area contributed by atoms with Gasteiger partial charge in [-0.2, -0.15) is 0 Å². The quantitative estimate of drug-likeness (QED) is 0.492. The van der Waals surface area contributed by atoms with Crippen molar-refractivity contribution in [2.24, 2.45) is 0 Å². The Morgan fingerprint density at radius 3 is 2.42 bits per heavy atom. The molecule has 0 saturated carbocycles. The fraction of sp³-hybridized carbons (Fsp3) is 0.462. The number of carbonyl (C=O) groups excluding carboxylic acids is 2. The Bertz CT molecular complexity index is 1180. The maximum absolute atomic E-state index is 13.7. The van der Waals surface area contributed by atoms with E-state index in [4.69, 9.17) is 9.47 Å². The van der Waals surface area contributed by atoms with E-state index in [1.807, 2.05) is 38.1 Å². The van der Waals surface area contributed by atoms with Gasteiger partial charge in [0, 0.05) is 19.2 Å². The summed E-state index contributed by atoms with van der Waals surface area (Å²) in [7, 11) is -3.82. The standard InChI is InChI=1S/C26H35N3O6S/c1-5-13-27-26(31)20(4)28(17-21-10-8-7-9-19(21)3)25(30)18-29(36(32,33)6-2)22-11-12-23-24(16-22)35-15-14-34-23/h7-12,16,20H,5-6,13-15,17-18H2,1-4H3,(H,27,31)/t20-/m1/s1. The first-order chi connectivity index (χ1) is 17.2. The molecule has 0 fully saturated rings. The van der Waals surface area contributed by atoms with E-state index in [-0.39, 0.29) is 18.2 Å². The number of hydrogen-bond donors (Lipinski definition) is 1. The summed E-state index contributed by atoms with van der Waals surface area (Å²) in [6.45, 7) is 8.03. The molecular formula is C26H35N3O6S. The van der Waals surface area contributed by atoms with Crippen LogP contribution in [-0.4, -0.2) is 63.2 Å². The first-order valence-electron chi connectivity index (χ1n) is 12.2. The summed E-state index contributed by atoms with van der Waals surface area (Å²) in [5, 5.41) is 2.83. The van der Waals surface area contributed by atoms with Gasteiger partial charge < -0.3 is 19.7 Å². The third kappa shape index (κ3) is 6.48. The van der Waals surface area contributed by atoms with Crippen LogP contribution in [-0.2, 0) is 26.2 Å². The first-order valence-corrected chi connectivity index (χ1v) is 13.8. The van der Waals surface area contributed by atoms with Gasteiger partial charge in [-0.25, -0.2) is 8.42 Å². The molecule has 0 unspecified atom stereocenters. The Hall–Kier alpha value is -3.27. The Kier molecular flexibility index (Phi) is 9.19. The van der Waals surface area contributed by atoms with Crippen LogP contribution >= 0.6 is 0 Å². The molecule has 1 aliphatic rings. The average molecular weight is 518 g/mol. The number of ether oxygens (including phenoxy) is 2. The largest absolute Gasteiger partial charge is 0.486 e. The normalized spacial score (nSPS) is 13.6. The van der Waals surface area contributed by atoms with Gasteiger partial charge in [-0.1, -0.05) is 31.2 Å². The fourth-order valence-electron chi connectivity index (χ4n) is 3.86. The highest BCUT2D eigenvalue weighted by Gasteiger charge is 2.31. The van der Waals surface area contributed by atoms with Crippen molar-refractivity contribution in [3.05, 3.63) is 53.6 Å². The molecule has 9 nitrogen and oxygen atoms in total. The Morgan fingerprint density at radius 2 is 1.75 bits per heavy atom.